The minimum Gasteiger partial charge on any atom is -0.496 e. The Balaban J connectivity index is 1.96. The molecule has 0 spiro atoms. The summed E-state index contributed by atoms with van der Waals surface area (Å²) in [5.41, 5.74) is 2.63. The van der Waals surface area contributed by atoms with Crippen molar-refractivity contribution in [3.8, 4) is 5.75 Å². The highest BCUT2D eigenvalue weighted by Gasteiger charge is 2.37. The number of imidazole rings is 1. The second kappa shape index (κ2) is 8.98. The van der Waals surface area contributed by atoms with Crippen LogP contribution in [-0.2, 0) is 16.0 Å². The summed E-state index contributed by atoms with van der Waals surface area (Å²) in [6.07, 6.45) is 3.03. The number of methoxy groups -OCH3 is 2. The monoisotopic (exact) mass is 400 g/mol. The number of nitrogens with one attached hydrogen (secondary N) is 2. The maximum Gasteiger partial charge on any atom is 0.328 e. The van der Waals surface area contributed by atoms with Gasteiger partial charge in [-0.2, -0.15) is 0 Å². The maximum absolute atomic E-state index is 13.3. The fourth-order valence-corrected chi connectivity index (χ4v) is 3.71. The Morgan fingerprint density at radius 3 is 2.79 bits per heavy atom. The molecule has 2 amide bonds. The third kappa shape index (κ3) is 4.06. The SMILES string of the molecule is CC[C@H](C)[C@@H](NC(=O)N1CCc2[nH]cnc2[C@H]1c1ccccc1OC)C(=O)OC. The molecular formula is C21H28N4O4. The first-order chi connectivity index (χ1) is 14.0. The van der Waals surface area contributed by atoms with Crippen LogP contribution in [0.2, 0.25) is 0 Å². The van der Waals surface area contributed by atoms with E-state index in [1.54, 1.807) is 18.3 Å². The number of carbonyl (C=O) groups is 2. The third-order valence-electron chi connectivity index (χ3n) is 5.57. The molecule has 1 aromatic heterocycles. The van der Waals surface area contributed by atoms with Gasteiger partial charge in [-0.05, 0) is 12.0 Å². The summed E-state index contributed by atoms with van der Waals surface area (Å²) >= 11 is 0. The number of H-pyrrole nitrogens is 1. The molecule has 3 rings (SSSR count). The van der Waals surface area contributed by atoms with Crippen LogP contribution in [0.4, 0.5) is 4.79 Å². The number of hydrogen-bond acceptors (Lipinski definition) is 5. The Bertz CT molecular complexity index is 866. The molecule has 0 saturated heterocycles. The van der Waals surface area contributed by atoms with Crippen molar-refractivity contribution in [3.63, 3.8) is 0 Å². The van der Waals surface area contributed by atoms with Gasteiger partial charge in [-0.25, -0.2) is 14.6 Å². The van der Waals surface area contributed by atoms with E-state index in [-0.39, 0.29) is 11.9 Å². The Kier molecular flexibility index (Phi) is 6.41. The van der Waals surface area contributed by atoms with E-state index < -0.39 is 18.1 Å². The first-order valence-corrected chi connectivity index (χ1v) is 9.81. The maximum atomic E-state index is 13.3. The standard InChI is InChI=1S/C21H28N4O4/c1-5-13(2)17(20(26)29-4)24-21(27)25-11-10-15-18(23-12-22-15)19(25)14-8-6-7-9-16(14)28-3/h6-9,12-13,17,19H,5,10-11H2,1-4H3,(H,22,23)(H,24,27)/t13-,17+,19+/m0/s1. The van der Waals surface area contributed by atoms with E-state index in [4.69, 9.17) is 9.47 Å². The van der Waals surface area contributed by atoms with Gasteiger partial charge in [0.05, 0.1) is 26.2 Å². The van der Waals surface area contributed by atoms with Crippen LogP contribution in [0.1, 0.15) is 43.3 Å². The average molecular weight is 400 g/mol. The summed E-state index contributed by atoms with van der Waals surface area (Å²) in [6, 6.07) is 6.13. The van der Waals surface area contributed by atoms with E-state index in [1.165, 1.54) is 7.11 Å². The first-order valence-electron chi connectivity index (χ1n) is 9.81. The smallest absolute Gasteiger partial charge is 0.328 e. The molecule has 0 radical (unpaired) electrons. The van der Waals surface area contributed by atoms with E-state index in [0.717, 1.165) is 23.4 Å². The van der Waals surface area contributed by atoms with E-state index in [1.807, 2.05) is 38.1 Å². The summed E-state index contributed by atoms with van der Waals surface area (Å²) in [5.74, 6) is 0.179. The molecule has 0 saturated carbocycles. The van der Waals surface area contributed by atoms with Crippen molar-refractivity contribution >= 4 is 12.0 Å². The molecule has 0 bridgehead atoms. The molecule has 29 heavy (non-hydrogen) atoms. The highest BCUT2D eigenvalue weighted by atomic mass is 16.5. The number of nitrogens with zero attached hydrogens (tertiary/aromatic N) is 2. The number of benzene rings is 1. The highest BCUT2D eigenvalue weighted by molar-refractivity contribution is 5.84. The fourth-order valence-electron chi connectivity index (χ4n) is 3.71. The summed E-state index contributed by atoms with van der Waals surface area (Å²) in [7, 11) is 2.94. The lowest BCUT2D eigenvalue weighted by atomic mass is 9.95. The van der Waals surface area contributed by atoms with Crippen molar-refractivity contribution in [1.29, 1.82) is 0 Å². The van der Waals surface area contributed by atoms with Crippen LogP contribution in [0.15, 0.2) is 30.6 Å². The largest absolute Gasteiger partial charge is 0.496 e. The molecular weight excluding hydrogens is 372 g/mol. The van der Waals surface area contributed by atoms with Crippen molar-refractivity contribution in [1.82, 2.24) is 20.2 Å². The van der Waals surface area contributed by atoms with Crippen molar-refractivity contribution in [2.24, 2.45) is 5.92 Å². The number of urea groups is 1. The molecule has 156 valence electrons. The van der Waals surface area contributed by atoms with Crippen LogP contribution < -0.4 is 10.1 Å². The van der Waals surface area contributed by atoms with Gasteiger partial charge in [0.15, 0.2) is 0 Å². The number of fused-ring (bicyclic) bond motifs is 1. The van der Waals surface area contributed by atoms with Gasteiger partial charge in [0.2, 0.25) is 0 Å². The second-order valence-corrected chi connectivity index (χ2v) is 7.19. The van der Waals surface area contributed by atoms with Crippen LogP contribution in [0.3, 0.4) is 0 Å². The van der Waals surface area contributed by atoms with Gasteiger partial charge in [0.25, 0.3) is 0 Å². The van der Waals surface area contributed by atoms with Crippen molar-refractivity contribution < 1.29 is 19.1 Å². The van der Waals surface area contributed by atoms with Gasteiger partial charge in [-0.3, -0.25) is 0 Å². The van der Waals surface area contributed by atoms with E-state index in [0.29, 0.717) is 18.7 Å². The number of para-hydroxylation sites is 1. The van der Waals surface area contributed by atoms with Crippen LogP contribution in [0.5, 0.6) is 5.75 Å². The number of aromatic nitrogens is 2. The summed E-state index contributed by atoms with van der Waals surface area (Å²) < 4.78 is 10.4. The van der Waals surface area contributed by atoms with Gasteiger partial charge >= 0.3 is 12.0 Å². The molecule has 0 fully saturated rings. The van der Waals surface area contributed by atoms with Gasteiger partial charge in [0, 0.05) is 24.2 Å². The molecule has 2 heterocycles. The van der Waals surface area contributed by atoms with E-state index in [2.05, 4.69) is 15.3 Å². The highest BCUT2D eigenvalue weighted by Crippen LogP contribution is 2.37. The Labute approximate surface area is 170 Å². The normalized spacial score (nSPS) is 17.8. The second-order valence-electron chi connectivity index (χ2n) is 7.19. The van der Waals surface area contributed by atoms with Gasteiger partial charge in [-0.15, -0.1) is 0 Å². The van der Waals surface area contributed by atoms with Gasteiger partial charge in [0.1, 0.15) is 17.8 Å². The lowest BCUT2D eigenvalue weighted by Gasteiger charge is -2.37. The number of hydrogen-bond donors (Lipinski definition) is 2. The zero-order valence-electron chi connectivity index (χ0n) is 17.3. The number of carbonyl (C=O) groups excluding carboxylic acids is 2. The fraction of sp³-hybridized carbons (Fsp3) is 0.476. The number of esters is 1. The van der Waals surface area contributed by atoms with Crippen LogP contribution >= 0.6 is 0 Å². The van der Waals surface area contributed by atoms with Crippen LogP contribution in [0.25, 0.3) is 0 Å². The molecule has 3 atom stereocenters. The zero-order valence-corrected chi connectivity index (χ0v) is 17.3. The quantitative estimate of drug-likeness (QED) is 0.727. The topological polar surface area (TPSA) is 96.5 Å². The van der Waals surface area contributed by atoms with Crippen LogP contribution in [0, 0.1) is 5.92 Å². The molecule has 2 N–H and O–H groups in total. The number of amides is 2. The number of ether oxygens (including phenoxy) is 2. The van der Waals surface area contributed by atoms with Crippen molar-refractivity contribution in [2.75, 3.05) is 20.8 Å². The molecule has 1 aliphatic heterocycles. The summed E-state index contributed by atoms with van der Waals surface area (Å²) in [5, 5.41) is 2.88. The van der Waals surface area contributed by atoms with E-state index >= 15 is 0 Å². The summed E-state index contributed by atoms with van der Waals surface area (Å²) in [4.78, 5) is 34.9. The van der Waals surface area contributed by atoms with Crippen molar-refractivity contribution in [3.05, 3.63) is 47.5 Å². The van der Waals surface area contributed by atoms with Gasteiger partial charge in [-0.1, -0.05) is 38.5 Å². The molecule has 1 aliphatic rings. The minimum absolute atomic E-state index is 0.0538. The molecule has 2 aromatic rings. The van der Waals surface area contributed by atoms with Gasteiger partial charge < -0.3 is 24.7 Å². The average Bonchev–Trinajstić information content (AvgIpc) is 3.24. The number of rotatable bonds is 6. The molecule has 8 nitrogen and oxygen atoms in total. The summed E-state index contributed by atoms with van der Waals surface area (Å²) in [6.45, 7) is 4.38. The van der Waals surface area contributed by atoms with E-state index in [9.17, 15) is 9.59 Å². The zero-order chi connectivity index (χ0) is 21.0. The molecule has 1 aromatic carbocycles. The lowest BCUT2D eigenvalue weighted by molar-refractivity contribution is -0.144. The Morgan fingerprint density at radius 1 is 1.34 bits per heavy atom. The Hall–Kier alpha value is -3.03. The molecule has 8 heteroatoms. The van der Waals surface area contributed by atoms with Crippen molar-refractivity contribution in [2.45, 2.75) is 38.8 Å². The lowest BCUT2D eigenvalue weighted by Crippen LogP contribution is -2.53. The molecule has 0 unspecified atom stereocenters. The Morgan fingerprint density at radius 2 is 2.10 bits per heavy atom. The predicted octanol–water partition coefficient (Wildman–Crippen LogP) is 2.66. The predicted molar refractivity (Wildman–Crippen MR) is 108 cm³/mol. The third-order valence-corrected chi connectivity index (χ3v) is 5.57. The molecule has 0 aliphatic carbocycles. The number of aromatic amines is 1. The first kappa shape index (κ1) is 20.7. The van der Waals surface area contributed by atoms with Crippen LogP contribution in [-0.4, -0.2) is 53.7 Å². The minimum atomic E-state index is -0.712.